The number of fused-ring (bicyclic) bond motifs is 1. The fourth-order valence-corrected chi connectivity index (χ4v) is 3.44. The lowest BCUT2D eigenvalue weighted by Gasteiger charge is -2.34. The summed E-state index contributed by atoms with van der Waals surface area (Å²) in [6.45, 7) is 8.60. The molecule has 1 saturated carbocycles. The quantitative estimate of drug-likeness (QED) is 0.938. The number of carbonyl (C=O) groups is 1. The molecule has 0 aromatic carbocycles. The van der Waals surface area contributed by atoms with E-state index in [0.717, 1.165) is 49.2 Å². The molecule has 0 bridgehead atoms. The lowest BCUT2D eigenvalue weighted by atomic mass is 10.0. The Morgan fingerprint density at radius 3 is 2.88 bits per heavy atom. The Morgan fingerprint density at radius 1 is 1.42 bits per heavy atom. The second-order valence-electron chi connectivity index (χ2n) is 7.32. The monoisotopic (exact) mass is 328 g/mol. The van der Waals surface area contributed by atoms with Gasteiger partial charge in [0.05, 0.1) is 16.6 Å². The van der Waals surface area contributed by atoms with Gasteiger partial charge in [0, 0.05) is 37.3 Å². The fourth-order valence-electron chi connectivity index (χ4n) is 3.44. The molecule has 6 nitrogen and oxygen atoms in total. The molecule has 0 spiro atoms. The van der Waals surface area contributed by atoms with Crippen LogP contribution in [0.1, 0.15) is 67.2 Å². The average Bonchev–Trinajstić information content (AvgIpc) is 3.32. The van der Waals surface area contributed by atoms with Crippen molar-refractivity contribution < 1.29 is 9.32 Å². The van der Waals surface area contributed by atoms with Crippen LogP contribution in [0.5, 0.6) is 0 Å². The maximum absolute atomic E-state index is 13.3. The van der Waals surface area contributed by atoms with Crippen LogP contribution in [0.4, 0.5) is 0 Å². The lowest BCUT2D eigenvalue weighted by molar-refractivity contribution is 0.0657. The molecule has 1 aliphatic carbocycles. The van der Waals surface area contributed by atoms with E-state index in [1.165, 1.54) is 0 Å². The molecule has 128 valence electrons. The number of nitrogens with zero attached hydrogens (tertiary/aromatic N) is 3. The summed E-state index contributed by atoms with van der Waals surface area (Å²) in [7, 11) is 0. The number of hydrogen-bond acceptors (Lipinski definition) is 5. The zero-order valence-electron chi connectivity index (χ0n) is 14.5. The van der Waals surface area contributed by atoms with Crippen molar-refractivity contribution in [3.8, 4) is 0 Å². The van der Waals surface area contributed by atoms with Crippen molar-refractivity contribution in [1.82, 2.24) is 20.4 Å². The Bertz CT molecular complexity index is 779. The van der Waals surface area contributed by atoms with E-state index in [9.17, 15) is 4.79 Å². The number of pyridine rings is 1. The Hall–Kier alpha value is -1.95. The highest BCUT2D eigenvalue weighted by Gasteiger charge is 2.32. The third-order valence-corrected chi connectivity index (χ3v) is 5.03. The van der Waals surface area contributed by atoms with Crippen molar-refractivity contribution in [3.63, 3.8) is 0 Å². The fraction of sp³-hybridized carbons (Fsp3) is 0.611. The van der Waals surface area contributed by atoms with Crippen LogP contribution in [0, 0.1) is 0 Å². The molecule has 2 aliphatic rings. The number of carbonyl (C=O) groups excluding carboxylic acids is 1. The largest absolute Gasteiger partial charge is 0.335 e. The molecule has 1 atom stereocenters. The highest BCUT2D eigenvalue weighted by atomic mass is 16.5. The van der Waals surface area contributed by atoms with Crippen molar-refractivity contribution in [1.29, 1.82) is 0 Å². The van der Waals surface area contributed by atoms with E-state index >= 15 is 0 Å². The standard InChI is InChI=1S/C18H24N4O2/c1-10(2)16-15-13(18(23)22-7-6-19-9-11(22)3)8-14(12-4-5-12)20-17(15)24-21-16/h8,10-12,19H,4-7,9H2,1-3H3/t11-/m1/s1. The highest BCUT2D eigenvalue weighted by Crippen LogP contribution is 2.41. The van der Waals surface area contributed by atoms with Crippen molar-refractivity contribution in [2.24, 2.45) is 0 Å². The van der Waals surface area contributed by atoms with Crippen LogP contribution in [0.15, 0.2) is 10.6 Å². The number of nitrogens with one attached hydrogen (secondary N) is 1. The second-order valence-corrected chi connectivity index (χ2v) is 7.32. The smallest absolute Gasteiger partial charge is 0.259 e. The predicted molar refractivity (Wildman–Crippen MR) is 91.2 cm³/mol. The van der Waals surface area contributed by atoms with Crippen LogP contribution < -0.4 is 5.32 Å². The Labute approximate surface area is 141 Å². The number of rotatable bonds is 3. The average molecular weight is 328 g/mol. The van der Waals surface area contributed by atoms with Crippen molar-refractivity contribution in [2.75, 3.05) is 19.6 Å². The topological polar surface area (TPSA) is 71.3 Å². The number of aromatic nitrogens is 2. The summed E-state index contributed by atoms with van der Waals surface area (Å²) >= 11 is 0. The molecule has 2 aromatic rings. The number of amides is 1. The minimum atomic E-state index is 0.0726. The molecule has 2 aromatic heterocycles. The third kappa shape index (κ3) is 2.59. The zero-order chi connectivity index (χ0) is 16.8. The summed E-state index contributed by atoms with van der Waals surface area (Å²) in [5, 5.41) is 8.33. The van der Waals surface area contributed by atoms with Gasteiger partial charge in [-0.15, -0.1) is 0 Å². The van der Waals surface area contributed by atoms with Crippen molar-refractivity contribution >= 4 is 17.0 Å². The van der Waals surface area contributed by atoms with Gasteiger partial charge in [-0.25, -0.2) is 4.98 Å². The summed E-state index contributed by atoms with van der Waals surface area (Å²) in [4.78, 5) is 19.9. The zero-order valence-corrected chi connectivity index (χ0v) is 14.5. The van der Waals surface area contributed by atoms with Crippen LogP contribution in [-0.2, 0) is 0 Å². The van der Waals surface area contributed by atoms with Gasteiger partial charge in [0.2, 0.25) is 0 Å². The van der Waals surface area contributed by atoms with E-state index in [4.69, 9.17) is 4.52 Å². The van der Waals surface area contributed by atoms with Gasteiger partial charge in [-0.3, -0.25) is 4.79 Å². The van der Waals surface area contributed by atoms with E-state index in [1.807, 2.05) is 11.0 Å². The van der Waals surface area contributed by atoms with Crippen LogP contribution in [0.25, 0.3) is 11.1 Å². The van der Waals surface area contributed by atoms with Crippen molar-refractivity contribution in [2.45, 2.75) is 51.5 Å². The van der Waals surface area contributed by atoms with E-state index in [-0.39, 0.29) is 17.9 Å². The molecule has 4 rings (SSSR count). The van der Waals surface area contributed by atoms with E-state index < -0.39 is 0 Å². The molecule has 3 heterocycles. The van der Waals surface area contributed by atoms with Crippen LogP contribution in [0.3, 0.4) is 0 Å². The van der Waals surface area contributed by atoms with Gasteiger partial charge in [0.15, 0.2) is 0 Å². The minimum Gasteiger partial charge on any atom is -0.335 e. The van der Waals surface area contributed by atoms with E-state index in [1.54, 1.807) is 0 Å². The number of piperazine rings is 1. The van der Waals surface area contributed by atoms with E-state index in [2.05, 4.69) is 36.2 Å². The van der Waals surface area contributed by atoms with Gasteiger partial charge in [-0.2, -0.15) is 0 Å². The van der Waals surface area contributed by atoms with Gasteiger partial charge in [0.25, 0.3) is 11.6 Å². The van der Waals surface area contributed by atoms with Crippen LogP contribution in [-0.4, -0.2) is 46.6 Å². The third-order valence-electron chi connectivity index (χ3n) is 5.03. The molecule has 0 unspecified atom stereocenters. The molecule has 1 amide bonds. The maximum atomic E-state index is 13.3. The second kappa shape index (κ2) is 5.84. The highest BCUT2D eigenvalue weighted by molar-refractivity contribution is 6.06. The van der Waals surface area contributed by atoms with Crippen molar-refractivity contribution in [3.05, 3.63) is 23.0 Å². The molecule has 6 heteroatoms. The summed E-state index contributed by atoms with van der Waals surface area (Å²) in [5.41, 5.74) is 3.01. The maximum Gasteiger partial charge on any atom is 0.259 e. The van der Waals surface area contributed by atoms with Crippen LogP contribution in [0.2, 0.25) is 0 Å². The molecule has 2 fully saturated rings. The molecule has 1 N–H and O–H groups in total. The van der Waals surface area contributed by atoms with Gasteiger partial charge in [-0.05, 0) is 31.7 Å². The Kier molecular flexibility index (Phi) is 3.79. The molecule has 1 aliphatic heterocycles. The molecular weight excluding hydrogens is 304 g/mol. The summed E-state index contributed by atoms with van der Waals surface area (Å²) in [6, 6.07) is 2.17. The first-order valence-electron chi connectivity index (χ1n) is 8.88. The summed E-state index contributed by atoms with van der Waals surface area (Å²) < 4.78 is 5.49. The van der Waals surface area contributed by atoms with Gasteiger partial charge < -0.3 is 14.7 Å². The minimum absolute atomic E-state index is 0.0726. The normalized spacial score (nSPS) is 21.7. The SMILES string of the molecule is CC(C)c1noc2nc(C3CC3)cc(C(=O)N3CCNC[C@H]3C)c12. The van der Waals surface area contributed by atoms with Gasteiger partial charge in [0.1, 0.15) is 0 Å². The van der Waals surface area contributed by atoms with Gasteiger partial charge in [-0.1, -0.05) is 19.0 Å². The first-order valence-corrected chi connectivity index (χ1v) is 8.88. The first-order chi connectivity index (χ1) is 11.6. The molecule has 0 radical (unpaired) electrons. The van der Waals surface area contributed by atoms with Crippen LogP contribution >= 0.6 is 0 Å². The molecular formula is C18H24N4O2. The predicted octanol–water partition coefficient (Wildman–Crippen LogP) is 2.66. The first kappa shape index (κ1) is 15.6. The van der Waals surface area contributed by atoms with Gasteiger partial charge >= 0.3 is 0 Å². The number of hydrogen-bond donors (Lipinski definition) is 1. The summed E-state index contributed by atoms with van der Waals surface area (Å²) in [5.74, 6) is 0.726. The summed E-state index contributed by atoms with van der Waals surface area (Å²) in [6.07, 6.45) is 2.28. The Morgan fingerprint density at radius 2 is 2.21 bits per heavy atom. The molecule has 24 heavy (non-hydrogen) atoms. The van der Waals surface area contributed by atoms with E-state index in [0.29, 0.717) is 17.2 Å². The lowest BCUT2D eigenvalue weighted by Crippen LogP contribution is -2.52. The molecule has 1 saturated heterocycles. The Balaban J connectivity index is 1.84.